The van der Waals surface area contributed by atoms with Crippen molar-refractivity contribution in [3.05, 3.63) is 34.4 Å². The van der Waals surface area contributed by atoms with Crippen molar-refractivity contribution in [2.24, 2.45) is 0 Å². The summed E-state index contributed by atoms with van der Waals surface area (Å²) in [4.78, 5) is 11.6. The topological polar surface area (TPSA) is 50.1 Å². The van der Waals surface area contributed by atoms with Gasteiger partial charge in [0.05, 0.1) is 17.7 Å². The molecular weight excluding hydrogens is 308 g/mol. The highest BCUT2D eigenvalue weighted by atomic mass is 79.9. The highest BCUT2D eigenvalue weighted by Crippen LogP contribution is 2.30. The van der Waals surface area contributed by atoms with Gasteiger partial charge in [-0.3, -0.25) is 0 Å². The minimum atomic E-state index is -2.82. The monoisotopic (exact) mass is 317 g/mol. The number of benzene rings is 1. The van der Waals surface area contributed by atoms with Crippen LogP contribution in [0.15, 0.2) is 12.1 Å². The first-order chi connectivity index (χ1) is 8.56. The first kappa shape index (κ1) is 14.6. The summed E-state index contributed by atoms with van der Waals surface area (Å²) < 4.78 is 30.7. The van der Waals surface area contributed by atoms with E-state index in [-0.39, 0.29) is 28.6 Å². The van der Waals surface area contributed by atoms with E-state index in [2.05, 4.69) is 15.9 Å². The summed E-state index contributed by atoms with van der Waals surface area (Å²) >= 11 is 3.07. The van der Waals surface area contributed by atoms with Crippen LogP contribution in [0.5, 0.6) is 0 Å². The first-order valence-electron chi connectivity index (χ1n) is 5.13. The minimum Gasteiger partial charge on any atom is -0.462 e. The van der Waals surface area contributed by atoms with Crippen molar-refractivity contribution < 1.29 is 18.3 Å². The van der Waals surface area contributed by atoms with Crippen LogP contribution < -0.4 is 0 Å². The maximum atomic E-state index is 13.0. The molecule has 6 heteroatoms. The second-order valence-electron chi connectivity index (χ2n) is 3.33. The summed E-state index contributed by atoms with van der Waals surface area (Å²) in [6.07, 6.45) is -2.82. The SMILES string of the molecule is CCOC(=O)c1ccc(CBr)c(C(F)F)c1C#N. The van der Waals surface area contributed by atoms with E-state index in [1.807, 2.05) is 0 Å². The Labute approximate surface area is 111 Å². The van der Waals surface area contributed by atoms with Crippen molar-refractivity contribution >= 4 is 21.9 Å². The molecule has 1 rings (SSSR count). The largest absolute Gasteiger partial charge is 0.462 e. The smallest absolute Gasteiger partial charge is 0.339 e. The van der Waals surface area contributed by atoms with Gasteiger partial charge in [0, 0.05) is 10.9 Å². The van der Waals surface area contributed by atoms with Crippen LogP contribution in [0.25, 0.3) is 0 Å². The van der Waals surface area contributed by atoms with Crippen LogP contribution in [0.2, 0.25) is 0 Å². The third-order valence-corrected chi connectivity index (χ3v) is 2.91. The Morgan fingerprint density at radius 2 is 2.22 bits per heavy atom. The summed E-state index contributed by atoms with van der Waals surface area (Å²) in [5.41, 5.74) is -0.575. The number of rotatable bonds is 4. The van der Waals surface area contributed by atoms with Crippen molar-refractivity contribution in [2.75, 3.05) is 6.61 Å². The van der Waals surface area contributed by atoms with Crippen molar-refractivity contribution in [3.63, 3.8) is 0 Å². The average molecular weight is 318 g/mol. The summed E-state index contributed by atoms with van der Waals surface area (Å²) in [5, 5.41) is 9.16. The van der Waals surface area contributed by atoms with Crippen molar-refractivity contribution in [2.45, 2.75) is 18.7 Å². The van der Waals surface area contributed by atoms with Crippen LogP contribution in [0.3, 0.4) is 0 Å². The molecule has 3 nitrogen and oxygen atoms in total. The van der Waals surface area contributed by atoms with Gasteiger partial charge in [-0.05, 0) is 18.6 Å². The fourth-order valence-corrected chi connectivity index (χ4v) is 2.02. The maximum absolute atomic E-state index is 13.0. The fourth-order valence-electron chi connectivity index (χ4n) is 1.53. The number of hydrogen-bond acceptors (Lipinski definition) is 3. The van der Waals surface area contributed by atoms with E-state index >= 15 is 0 Å². The zero-order valence-electron chi connectivity index (χ0n) is 9.54. The quantitative estimate of drug-likeness (QED) is 0.630. The van der Waals surface area contributed by atoms with E-state index in [4.69, 9.17) is 10.00 Å². The van der Waals surface area contributed by atoms with Gasteiger partial charge in [0.15, 0.2) is 0 Å². The summed E-state index contributed by atoms with van der Waals surface area (Å²) in [6, 6.07) is 4.38. The molecule has 1 aromatic carbocycles. The Morgan fingerprint density at radius 3 is 2.67 bits per heavy atom. The normalized spacial score (nSPS) is 10.2. The standard InChI is InChI=1S/C12H10BrF2NO2/c1-2-18-12(17)8-4-3-7(5-13)10(11(14)15)9(8)6-16/h3-4,11H,2,5H2,1H3. The third kappa shape index (κ3) is 2.85. The minimum absolute atomic E-state index is 0.119. The molecule has 1 aromatic rings. The van der Waals surface area contributed by atoms with E-state index in [0.29, 0.717) is 0 Å². The molecule has 0 aliphatic carbocycles. The van der Waals surface area contributed by atoms with Gasteiger partial charge in [-0.1, -0.05) is 22.0 Å². The summed E-state index contributed by atoms with van der Waals surface area (Å²) in [5.74, 6) is -0.767. The van der Waals surface area contributed by atoms with Gasteiger partial charge in [-0.15, -0.1) is 0 Å². The van der Waals surface area contributed by atoms with Gasteiger partial charge in [0.1, 0.15) is 6.07 Å². The number of halogens is 3. The molecule has 0 saturated carbocycles. The lowest BCUT2D eigenvalue weighted by Crippen LogP contribution is -2.10. The highest BCUT2D eigenvalue weighted by molar-refractivity contribution is 9.08. The number of esters is 1. The first-order valence-corrected chi connectivity index (χ1v) is 6.26. The molecule has 0 fully saturated rings. The number of ether oxygens (including phenoxy) is 1. The predicted octanol–water partition coefficient (Wildman–Crippen LogP) is 3.57. The molecule has 0 bridgehead atoms. The van der Waals surface area contributed by atoms with Crippen molar-refractivity contribution in [1.29, 1.82) is 5.26 Å². The predicted molar refractivity (Wildman–Crippen MR) is 64.7 cm³/mol. The van der Waals surface area contributed by atoms with E-state index in [1.54, 1.807) is 13.0 Å². The molecule has 18 heavy (non-hydrogen) atoms. The number of carbonyl (C=O) groups excluding carboxylic acids is 1. The lowest BCUT2D eigenvalue weighted by molar-refractivity contribution is 0.0525. The van der Waals surface area contributed by atoms with Crippen LogP contribution >= 0.6 is 15.9 Å². The molecule has 0 amide bonds. The molecule has 0 atom stereocenters. The Morgan fingerprint density at radius 1 is 1.56 bits per heavy atom. The zero-order valence-corrected chi connectivity index (χ0v) is 11.1. The summed E-state index contributed by atoms with van der Waals surface area (Å²) in [6.45, 7) is 1.72. The van der Waals surface area contributed by atoms with E-state index in [0.717, 1.165) is 0 Å². The van der Waals surface area contributed by atoms with Gasteiger partial charge in [0.2, 0.25) is 0 Å². The Bertz CT molecular complexity index is 498. The third-order valence-electron chi connectivity index (χ3n) is 2.31. The lowest BCUT2D eigenvalue weighted by Gasteiger charge is -2.12. The molecule has 0 aliphatic rings. The van der Waals surface area contributed by atoms with E-state index in [1.165, 1.54) is 12.1 Å². The van der Waals surface area contributed by atoms with Crippen molar-refractivity contribution in [1.82, 2.24) is 0 Å². The molecule has 96 valence electrons. The van der Waals surface area contributed by atoms with Crippen LogP contribution in [-0.2, 0) is 10.1 Å². The molecule has 0 heterocycles. The molecule has 0 spiro atoms. The molecule has 0 radical (unpaired) electrons. The summed E-state index contributed by atoms with van der Waals surface area (Å²) in [7, 11) is 0. The van der Waals surface area contributed by atoms with Crippen LogP contribution in [-0.4, -0.2) is 12.6 Å². The number of carbonyl (C=O) groups is 1. The second kappa shape index (κ2) is 6.45. The van der Waals surface area contributed by atoms with E-state index < -0.39 is 18.0 Å². The van der Waals surface area contributed by atoms with Gasteiger partial charge in [-0.25, -0.2) is 13.6 Å². The Hall–Kier alpha value is -1.48. The molecule has 0 aromatic heterocycles. The van der Waals surface area contributed by atoms with Crippen LogP contribution in [0, 0.1) is 11.3 Å². The number of nitrogens with zero attached hydrogens (tertiary/aromatic N) is 1. The average Bonchev–Trinajstić information content (AvgIpc) is 2.36. The molecular formula is C12H10BrF2NO2. The van der Waals surface area contributed by atoms with E-state index in [9.17, 15) is 13.6 Å². The van der Waals surface area contributed by atoms with Crippen molar-refractivity contribution in [3.8, 4) is 6.07 Å². The molecule has 0 aliphatic heterocycles. The number of alkyl halides is 3. The Balaban J connectivity index is 3.44. The van der Waals surface area contributed by atoms with Gasteiger partial charge in [-0.2, -0.15) is 5.26 Å². The number of nitriles is 1. The van der Waals surface area contributed by atoms with Gasteiger partial charge < -0.3 is 4.74 Å². The molecule has 0 N–H and O–H groups in total. The molecule has 0 unspecified atom stereocenters. The fraction of sp³-hybridized carbons (Fsp3) is 0.333. The van der Waals surface area contributed by atoms with Gasteiger partial charge >= 0.3 is 5.97 Å². The van der Waals surface area contributed by atoms with Crippen LogP contribution in [0.1, 0.15) is 40.4 Å². The van der Waals surface area contributed by atoms with Gasteiger partial charge in [0.25, 0.3) is 6.43 Å². The Kier molecular flexibility index (Phi) is 5.23. The maximum Gasteiger partial charge on any atom is 0.339 e. The number of hydrogen-bond donors (Lipinski definition) is 0. The lowest BCUT2D eigenvalue weighted by atomic mass is 9.97. The zero-order chi connectivity index (χ0) is 13.7. The highest BCUT2D eigenvalue weighted by Gasteiger charge is 2.23. The van der Waals surface area contributed by atoms with Crippen LogP contribution in [0.4, 0.5) is 8.78 Å². The molecule has 0 saturated heterocycles. The second-order valence-corrected chi connectivity index (χ2v) is 3.89.